The summed E-state index contributed by atoms with van der Waals surface area (Å²) < 4.78 is 0. The van der Waals surface area contributed by atoms with E-state index in [4.69, 9.17) is 16.9 Å². The molecule has 0 saturated carbocycles. The molecule has 0 saturated heterocycles. The first-order valence-electron chi connectivity index (χ1n) is 6.72. The lowest BCUT2D eigenvalue weighted by Gasteiger charge is -2.05. The van der Waals surface area contributed by atoms with Crippen LogP contribution >= 0.6 is 22.9 Å². The van der Waals surface area contributed by atoms with E-state index < -0.39 is 5.97 Å². The molecule has 1 aromatic heterocycles. The van der Waals surface area contributed by atoms with E-state index in [2.05, 4.69) is 6.07 Å². The Balaban J connectivity index is 2.23. The van der Waals surface area contributed by atoms with Gasteiger partial charge in [0.1, 0.15) is 4.88 Å². The summed E-state index contributed by atoms with van der Waals surface area (Å²) in [4.78, 5) is 12.4. The summed E-state index contributed by atoms with van der Waals surface area (Å²) in [5.74, 6) is -0.971. The zero-order chi connectivity index (χ0) is 16.4. The molecule has 1 heterocycles. The molecule has 3 rings (SSSR count). The normalized spacial score (nSPS) is 10.3. The molecule has 0 aliphatic heterocycles. The lowest BCUT2D eigenvalue weighted by molar-refractivity contribution is 0.0702. The number of thiophene rings is 1. The van der Waals surface area contributed by atoms with Crippen molar-refractivity contribution in [2.24, 2.45) is 0 Å². The van der Waals surface area contributed by atoms with Gasteiger partial charge >= 0.3 is 5.97 Å². The molecule has 1 N–H and O–H groups in total. The van der Waals surface area contributed by atoms with Crippen molar-refractivity contribution in [3.05, 3.63) is 70.1 Å². The largest absolute Gasteiger partial charge is 0.477 e. The molecule has 0 aliphatic carbocycles. The molecule has 0 bridgehead atoms. The molecule has 0 unspecified atom stereocenters. The van der Waals surface area contributed by atoms with Crippen molar-refractivity contribution in [2.45, 2.75) is 0 Å². The Morgan fingerprint density at radius 2 is 1.83 bits per heavy atom. The molecule has 0 atom stereocenters. The number of benzene rings is 2. The highest BCUT2D eigenvalue weighted by atomic mass is 35.5. The van der Waals surface area contributed by atoms with Gasteiger partial charge in [-0.05, 0) is 41.5 Å². The summed E-state index contributed by atoms with van der Waals surface area (Å²) in [5, 5.41) is 19.0. The van der Waals surface area contributed by atoms with Crippen molar-refractivity contribution in [3.8, 4) is 27.6 Å². The standard InChI is InChI=1S/C18H10ClNO2S/c19-14-6-2-5-13(8-14)17-15(9-16(23-17)18(21)22)12-4-1-3-11(7-12)10-20/h1-9H,(H,21,22). The zero-order valence-corrected chi connectivity index (χ0v) is 13.4. The maximum absolute atomic E-state index is 11.4. The fraction of sp³-hybridized carbons (Fsp3) is 0. The first-order valence-corrected chi connectivity index (χ1v) is 7.91. The Labute approximate surface area is 142 Å². The van der Waals surface area contributed by atoms with E-state index in [1.165, 1.54) is 11.3 Å². The van der Waals surface area contributed by atoms with Crippen LogP contribution in [0.1, 0.15) is 15.2 Å². The van der Waals surface area contributed by atoms with Gasteiger partial charge in [-0.15, -0.1) is 11.3 Å². The van der Waals surface area contributed by atoms with E-state index in [0.717, 1.165) is 21.6 Å². The van der Waals surface area contributed by atoms with E-state index in [9.17, 15) is 9.90 Å². The van der Waals surface area contributed by atoms with Crippen molar-refractivity contribution in [2.75, 3.05) is 0 Å². The van der Waals surface area contributed by atoms with Crippen LogP contribution in [0, 0.1) is 11.3 Å². The number of rotatable bonds is 3. The first kappa shape index (κ1) is 15.3. The van der Waals surface area contributed by atoms with Gasteiger partial charge in [-0.2, -0.15) is 5.26 Å². The van der Waals surface area contributed by atoms with Crippen molar-refractivity contribution in [1.29, 1.82) is 5.26 Å². The smallest absolute Gasteiger partial charge is 0.345 e. The number of carboxylic acids is 1. The van der Waals surface area contributed by atoms with E-state index in [1.807, 2.05) is 18.2 Å². The van der Waals surface area contributed by atoms with E-state index in [0.29, 0.717) is 10.6 Å². The molecule has 0 amide bonds. The highest BCUT2D eigenvalue weighted by Gasteiger charge is 2.17. The number of aromatic carboxylic acids is 1. The average Bonchev–Trinajstić information content (AvgIpc) is 3.00. The van der Waals surface area contributed by atoms with Crippen LogP contribution in [0.5, 0.6) is 0 Å². The first-order chi connectivity index (χ1) is 11.1. The minimum Gasteiger partial charge on any atom is -0.477 e. The van der Waals surface area contributed by atoms with Gasteiger partial charge in [0.25, 0.3) is 0 Å². The molecule has 0 fully saturated rings. The SMILES string of the molecule is N#Cc1cccc(-c2cc(C(=O)O)sc2-c2cccc(Cl)c2)c1. The molecule has 23 heavy (non-hydrogen) atoms. The van der Waals surface area contributed by atoms with Crippen LogP contribution in [-0.4, -0.2) is 11.1 Å². The number of nitrogens with zero attached hydrogens (tertiary/aromatic N) is 1. The summed E-state index contributed by atoms with van der Waals surface area (Å²) in [6.45, 7) is 0. The lowest BCUT2D eigenvalue weighted by atomic mass is 10.0. The molecule has 3 nitrogen and oxygen atoms in total. The Bertz CT molecular complexity index is 940. The van der Waals surface area contributed by atoms with Crippen LogP contribution in [0.25, 0.3) is 21.6 Å². The van der Waals surface area contributed by atoms with E-state index in [1.54, 1.807) is 36.4 Å². The van der Waals surface area contributed by atoms with Gasteiger partial charge in [-0.1, -0.05) is 35.9 Å². The fourth-order valence-electron chi connectivity index (χ4n) is 2.31. The van der Waals surface area contributed by atoms with Crippen LogP contribution in [0.2, 0.25) is 5.02 Å². The topological polar surface area (TPSA) is 61.1 Å². The third-order valence-electron chi connectivity index (χ3n) is 3.33. The average molecular weight is 340 g/mol. The van der Waals surface area contributed by atoms with Crippen LogP contribution in [-0.2, 0) is 0 Å². The second-order valence-corrected chi connectivity index (χ2v) is 6.35. The number of nitriles is 1. The number of carboxylic acid groups (broad SMARTS) is 1. The van der Waals surface area contributed by atoms with Crippen molar-refractivity contribution < 1.29 is 9.90 Å². The minimum absolute atomic E-state index is 0.248. The Kier molecular flexibility index (Phi) is 4.16. The Hall–Kier alpha value is -2.61. The van der Waals surface area contributed by atoms with Crippen molar-refractivity contribution >= 4 is 28.9 Å². The summed E-state index contributed by atoms with van der Waals surface area (Å²) >= 11 is 7.25. The van der Waals surface area contributed by atoms with Crippen LogP contribution in [0.4, 0.5) is 0 Å². The summed E-state index contributed by atoms with van der Waals surface area (Å²) in [5.41, 5.74) is 2.98. The monoisotopic (exact) mass is 339 g/mol. The van der Waals surface area contributed by atoms with Gasteiger partial charge in [0.2, 0.25) is 0 Å². The molecule has 2 aromatic carbocycles. The molecule has 3 aromatic rings. The predicted molar refractivity (Wildman–Crippen MR) is 91.9 cm³/mol. The minimum atomic E-state index is -0.971. The second kappa shape index (κ2) is 6.25. The molecule has 0 radical (unpaired) electrons. The third kappa shape index (κ3) is 3.11. The van der Waals surface area contributed by atoms with Crippen molar-refractivity contribution in [3.63, 3.8) is 0 Å². The number of carbonyl (C=O) groups is 1. The highest BCUT2D eigenvalue weighted by Crippen LogP contribution is 2.40. The predicted octanol–water partition coefficient (Wildman–Crippen LogP) is 5.31. The number of hydrogen-bond donors (Lipinski definition) is 1. The Morgan fingerprint density at radius 3 is 2.52 bits per heavy atom. The summed E-state index contributed by atoms with van der Waals surface area (Å²) in [7, 11) is 0. The van der Waals surface area contributed by atoms with E-state index in [-0.39, 0.29) is 4.88 Å². The van der Waals surface area contributed by atoms with Gasteiger partial charge < -0.3 is 5.11 Å². The third-order valence-corrected chi connectivity index (χ3v) is 4.74. The lowest BCUT2D eigenvalue weighted by Crippen LogP contribution is -1.89. The molecule has 5 heteroatoms. The highest BCUT2D eigenvalue weighted by molar-refractivity contribution is 7.18. The van der Waals surface area contributed by atoms with Gasteiger partial charge in [0.15, 0.2) is 0 Å². The maximum atomic E-state index is 11.4. The molecule has 0 spiro atoms. The van der Waals surface area contributed by atoms with Gasteiger partial charge in [0.05, 0.1) is 11.6 Å². The second-order valence-electron chi connectivity index (χ2n) is 4.86. The van der Waals surface area contributed by atoms with Crippen molar-refractivity contribution in [1.82, 2.24) is 0 Å². The molecule has 0 aliphatic rings. The molecular formula is C18H10ClNO2S. The number of halogens is 1. The molecular weight excluding hydrogens is 330 g/mol. The van der Waals surface area contributed by atoms with Crippen LogP contribution in [0.3, 0.4) is 0 Å². The van der Waals surface area contributed by atoms with Gasteiger partial charge in [-0.3, -0.25) is 0 Å². The van der Waals surface area contributed by atoms with Crippen LogP contribution < -0.4 is 0 Å². The van der Waals surface area contributed by atoms with E-state index >= 15 is 0 Å². The zero-order valence-electron chi connectivity index (χ0n) is 11.8. The maximum Gasteiger partial charge on any atom is 0.345 e. The fourth-order valence-corrected chi connectivity index (χ4v) is 3.52. The molecule has 112 valence electrons. The van der Waals surface area contributed by atoms with Gasteiger partial charge in [0, 0.05) is 15.5 Å². The summed E-state index contributed by atoms with van der Waals surface area (Å²) in [6, 6.07) is 18.1. The van der Waals surface area contributed by atoms with Gasteiger partial charge in [-0.25, -0.2) is 4.79 Å². The Morgan fingerprint density at radius 1 is 1.09 bits per heavy atom. The van der Waals surface area contributed by atoms with Crippen LogP contribution in [0.15, 0.2) is 54.6 Å². The summed E-state index contributed by atoms with van der Waals surface area (Å²) in [6.07, 6.45) is 0. The number of hydrogen-bond acceptors (Lipinski definition) is 3. The quantitative estimate of drug-likeness (QED) is 0.703.